The summed E-state index contributed by atoms with van der Waals surface area (Å²) in [7, 11) is 1.42. The average molecular weight is 512 g/mol. The van der Waals surface area contributed by atoms with Crippen molar-refractivity contribution < 1.29 is 27.9 Å². The minimum absolute atomic E-state index is 0.0206. The molecule has 0 spiro atoms. The Kier molecular flexibility index (Phi) is 6.38. The molecule has 2 heterocycles. The van der Waals surface area contributed by atoms with E-state index in [0.29, 0.717) is 12.1 Å². The second-order valence-electron chi connectivity index (χ2n) is 10.0. The van der Waals surface area contributed by atoms with Gasteiger partial charge in [0.25, 0.3) is 11.8 Å². The Labute approximate surface area is 211 Å². The lowest BCUT2D eigenvalue weighted by Crippen LogP contribution is -2.50. The first-order valence-corrected chi connectivity index (χ1v) is 12.2. The molecule has 3 saturated carbocycles. The summed E-state index contributed by atoms with van der Waals surface area (Å²) in [6, 6.07) is 6.91. The maximum absolute atomic E-state index is 14.4. The van der Waals surface area contributed by atoms with Crippen molar-refractivity contribution in [3.05, 3.63) is 65.1 Å². The van der Waals surface area contributed by atoms with Gasteiger partial charge >= 0.3 is 5.97 Å². The third-order valence-electron chi connectivity index (χ3n) is 7.90. The third kappa shape index (κ3) is 4.65. The normalized spacial score (nSPS) is 22.6. The summed E-state index contributed by atoms with van der Waals surface area (Å²) in [5.74, 6) is -2.43. The van der Waals surface area contributed by atoms with Crippen LogP contribution in [0.15, 0.2) is 36.5 Å². The summed E-state index contributed by atoms with van der Waals surface area (Å²) in [6.07, 6.45) is 5.48. The molecule has 0 saturated heterocycles. The summed E-state index contributed by atoms with van der Waals surface area (Å²) in [6.45, 7) is 0.494. The number of ether oxygens (including phenoxy) is 1. The summed E-state index contributed by atoms with van der Waals surface area (Å²) in [5, 5.41) is 9.51. The smallest absolute Gasteiger partial charge is 0.311 e. The van der Waals surface area contributed by atoms with Crippen LogP contribution in [-0.2, 0) is 16.1 Å². The molecule has 37 heavy (non-hydrogen) atoms. The standard InChI is InChI=1S/C26H27F2N5O4/c1-37-24(36)26-9-6-25(7-10-26,8-11-26)15-30-23(35)20-12-19(32-21-18(28)14-31-33(20)21)22(34)29-13-16-2-4-17(27)5-3-16/h2-5,12,14H,6-11,13,15H2,1H3,(H,29,34)(H,30,35). The van der Waals surface area contributed by atoms with Crippen molar-refractivity contribution in [3.8, 4) is 0 Å². The van der Waals surface area contributed by atoms with Gasteiger partial charge in [0.1, 0.15) is 17.2 Å². The van der Waals surface area contributed by atoms with Crippen LogP contribution in [0.3, 0.4) is 0 Å². The number of nitrogens with zero attached hydrogens (tertiary/aromatic N) is 3. The van der Waals surface area contributed by atoms with E-state index in [-0.39, 0.29) is 35.0 Å². The van der Waals surface area contributed by atoms with Crippen molar-refractivity contribution in [1.82, 2.24) is 25.2 Å². The van der Waals surface area contributed by atoms with E-state index in [4.69, 9.17) is 4.74 Å². The van der Waals surface area contributed by atoms with Crippen LogP contribution in [0.2, 0.25) is 0 Å². The maximum atomic E-state index is 14.4. The van der Waals surface area contributed by atoms with E-state index in [2.05, 4.69) is 20.7 Å². The molecule has 0 unspecified atom stereocenters. The highest BCUT2D eigenvalue weighted by Crippen LogP contribution is 2.57. The largest absolute Gasteiger partial charge is 0.469 e. The van der Waals surface area contributed by atoms with Crippen LogP contribution in [0.5, 0.6) is 0 Å². The van der Waals surface area contributed by atoms with Gasteiger partial charge in [-0.2, -0.15) is 5.10 Å². The average Bonchev–Trinajstić information content (AvgIpc) is 3.31. The van der Waals surface area contributed by atoms with Crippen LogP contribution < -0.4 is 10.6 Å². The molecule has 11 heteroatoms. The number of methoxy groups -OCH3 is 1. The van der Waals surface area contributed by atoms with Crippen LogP contribution >= 0.6 is 0 Å². The highest BCUT2D eigenvalue weighted by Gasteiger charge is 2.53. The van der Waals surface area contributed by atoms with Gasteiger partial charge in [0.05, 0.1) is 18.7 Å². The quantitative estimate of drug-likeness (QED) is 0.471. The number of hydrogen-bond acceptors (Lipinski definition) is 6. The number of hydrogen-bond donors (Lipinski definition) is 2. The predicted octanol–water partition coefficient (Wildman–Crippen LogP) is 3.18. The topological polar surface area (TPSA) is 115 Å². The van der Waals surface area contributed by atoms with Crippen LogP contribution in [0, 0.1) is 22.5 Å². The SMILES string of the molecule is COC(=O)C12CCC(CNC(=O)c3cc(C(=O)NCc4ccc(F)cc4)nc4c(F)cnn34)(CC1)CC2. The molecule has 2 amide bonds. The van der Waals surface area contributed by atoms with Crippen molar-refractivity contribution in [3.63, 3.8) is 0 Å². The first-order valence-electron chi connectivity index (χ1n) is 12.2. The molecule has 2 N–H and O–H groups in total. The Morgan fingerprint density at radius 1 is 1.00 bits per heavy atom. The van der Waals surface area contributed by atoms with E-state index in [1.54, 1.807) is 0 Å². The molecule has 3 aliphatic carbocycles. The fraction of sp³-hybridized carbons (Fsp3) is 0.423. The highest BCUT2D eigenvalue weighted by molar-refractivity contribution is 5.98. The summed E-state index contributed by atoms with van der Waals surface area (Å²) in [5.41, 5.74) is -0.276. The number of halogens is 2. The molecule has 2 aromatic heterocycles. The molecule has 0 aliphatic heterocycles. The Hall–Kier alpha value is -3.89. The number of nitrogens with one attached hydrogen (secondary N) is 2. The lowest BCUT2D eigenvalue weighted by Gasteiger charge is -2.51. The van der Waals surface area contributed by atoms with Crippen LogP contribution in [-0.4, -0.2) is 46.0 Å². The number of aromatic nitrogens is 3. The zero-order valence-corrected chi connectivity index (χ0v) is 20.4. The van der Waals surface area contributed by atoms with Crippen molar-refractivity contribution in [2.24, 2.45) is 10.8 Å². The molecule has 0 atom stereocenters. The molecular weight excluding hydrogens is 484 g/mol. The van der Waals surface area contributed by atoms with E-state index < -0.39 is 28.9 Å². The van der Waals surface area contributed by atoms with E-state index in [1.807, 2.05) is 0 Å². The number of benzene rings is 1. The predicted molar refractivity (Wildman–Crippen MR) is 127 cm³/mol. The van der Waals surface area contributed by atoms with Crippen LogP contribution in [0.1, 0.15) is 65.1 Å². The van der Waals surface area contributed by atoms with E-state index in [1.165, 1.54) is 37.4 Å². The molecule has 6 rings (SSSR count). The zero-order valence-electron chi connectivity index (χ0n) is 20.4. The van der Waals surface area contributed by atoms with Gasteiger partial charge in [0.15, 0.2) is 11.5 Å². The molecule has 0 radical (unpaired) electrons. The van der Waals surface area contributed by atoms with Gasteiger partial charge in [-0.15, -0.1) is 0 Å². The Bertz CT molecular complexity index is 1350. The summed E-state index contributed by atoms with van der Waals surface area (Å²) >= 11 is 0. The van der Waals surface area contributed by atoms with Crippen molar-refractivity contribution >= 4 is 23.4 Å². The highest BCUT2D eigenvalue weighted by atomic mass is 19.1. The number of amides is 2. The van der Waals surface area contributed by atoms with Gasteiger partial charge in [-0.1, -0.05) is 12.1 Å². The Morgan fingerprint density at radius 2 is 1.68 bits per heavy atom. The van der Waals surface area contributed by atoms with Gasteiger partial charge in [-0.05, 0) is 61.6 Å². The molecule has 3 fully saturated rings. The lowest BCUT2D eigenvalue weighted by atomic mass is 9.53. The molecule has 194 valence electrons. The van der Waals surface area contributed by atoms with Crippen LogP contribution in [0.25, 0.3) is 5.65 Å². The monoisotopic (exact) mass is 511 g/mol. The lowest BCUT2D eigenvalue weighted by molar-refractivity contribution is -0.162. The fourth-order valence-electron chi connectivity index (χ4n) is 5.50. The fourth-order valence-corrected chi connectivity index (χ4v) is 5.50. The number of carbonyl (C=O) groups is 3. The van der Waals surface area contributed by atoms with Gasteiger partial charge in [-0.25, -0.2) is 18.3 Å². The van der Waals surface area contributed by atoms with Crippen molar-refractivity contribution in [2.45, 2.75) is 45.1 Å². The minimum atomic E-state index is -0.764. The van der Waals surface area contributed by atoms with Gasteiger partial charge < -0.3 is 15.4 Å². The van der Waals surface area contributed by atoms with Gasteiger partial charge in [0.2, 0.25) is 0 Å². The molecule has 3 aromatic rings. The van der Waals surface area contributed by atoms with Crippen LogP contribution in [0.4, 0.5) is 8.78 Å². The summed E-state index contributed by atoms with van der Waals surface area (Å²) < 4.78 is 33.6. The maximum Gasteiger partial charge on any atom is 0.311 e. The van der Waals surface area contributed by atoms with Crippen molar-refractivity contribution in [2.75, 3.05) is 13.7 Å². The Morgan fingerprint density at radius 3 is 2.32 bits per heavy atom. The van der Waals surface area contributed by atoms with E-state index in [9.17, 15) is 23.2 Å². The molecule has 1 aromatic carbocycles. The second kappa shape index (κ2) is 9.53. The molecule has 3 aliphatic rings. The van der Waals surface area contributed by atoms with Gasteiger partial charge in [0, 0.05) is 19.2 Å². The van der Waals surface area contributed by atoms with E-state index >= 15 is 0 Å². The summed E-state index contributed by atoms with van der Waals surface area (Å²) in [4.78, 5) is 42.3. The molecule has 2 bridgehead atoms. The zero-order chi connectivity index (χ0) is 26.2. The first kappa shape index (κ1) is 24.8. The minimum Gasteiger partial charge on any atom is -0.469 e. The van der Waals surface area contributed by atoms with E-state index in [0.717, 1.165) is 49.2 Å². The third-order valence-corrected chi connectivity index (χ3v) is 7.90. The first-order chi connectivity index (χ1) is 17.7. The molecule has 9 nitrogen and oxygen atoms in total. The Balaban J connectivity index is 1.30. The molecular formula is C26H27F2N5O4. The number of fused-ring (bicyclic) bond motifs is 4. The van der Waals surface area contributed by atoms with Gasteiger partial charge in [-0.3, -0.25) is 14.4 Å². The second-order valence-corrected chi connectivity index (χ2v) is 10.0. The number of rotatable bonds is 7. The van der Waals surface area contributed by atoms with Crippen molar-refractivity contribution in [1.29, 1.82) is 0 Å². The number of esters is 1. The number of carbonyl (C=O) groups excluding carboxylic acids is 3.